The van der Waals surface area contributed by atoms with E-state index in [2.05, 4.69) is 20.9 Å². The van der Waals surface area contributed by atoms with Gasteiger partial charge in [-0.25, -0.2) is 9.78 Å². The lowest BCUT2D eigenvalue weighted by Gasteiger charge is -2.35. The number of rotatable bonds is 2. The van der Waals surface area contributed by atoms with E-state index in [-0.39, 0.29) is 12.0 Å². The van der Waals surface area contributed by atoms with Crippen LogP contribution in [0.5, 0.6) is 0 Å². The maximum absolute atomic E-state index is 12.0. The van der Waals surface area contributed by atoms with E-state index in [1.807, 2.05) is 32.9 Å². The Balaban J connectivity index is 1.92. The minimum atomic E-state index is -0.566. The molecule has 0 radical (unpaired) electrons. The van der Waals surface area contributed by atoms with Crippen molar-refractivity contribution in [2.45, 2.75) is 45.3 Å². The molecule has 0 aromatic carbocycles. The fraction of sp³-hybridized carbons (Fsp3) is 0.625. The normalized spacial score (nSPS) is 18.1. The zero-order valence-electron chi connectivity index (χ0n) is 13.3. The molecule has 0 spiro atoms. The van der Waals surface area contributed by atoms with Gasteiger partial charge in [0.2, 0.25) is 0 Å². The number of piperidine rings is 1. The molecule has 2 heterocycles. The standard InChI is InChI=1S/C16H23BrN2O3/c1-16(2,3)22-15(21)19-9-6-11(7-10-19)13(20)12-5-4-8-18-14(12)17/h4-5,8,11,13,20H,6-7,9-10H2,1-3H3. The molecule has 6 heteroatoms. The second-order valence-corrected chi connectivity index (χ2v) is 7.38. The third kappa shape index (κ3) is 4.43. The Labute approximate surface area is 139 Å². The first-order chi connectivity index (χ1) is 10.3. The zero-order chi connectivity index (χ0) is 16.3. The molecule has 2 rings (SSSR count). The highest BCUT2D eigenvalue weighted by Crippen LogP contribution is 2.33. The van der Waals surface area contributed by atoms with Crippen LogP contribution in [0.3, 0.4) is 0 Å². The monoisotopic (exact) mass is 370 g/mol. The van der Waals surface area contributed by atoms with Crippen molar-refractivity contribution in [2.24, 2.45) is 5.92 Å². The van der Waals surface area contributed by atoms with E-state index in [0.29, 0.717) is 17.7 Å². The van der Waals surface area contributed by atoms with Gasteiger partial charge in [-0.15, -0.1) is 0 Å². The van der Waals surface area contributed by atoms with Gasteiger partial charge in [0.1, 0.15) is 10.2 Å². The lowest BCUT2D eigenvalue weighted by molar-refractivity contribution is 0.00753. The van der Waals surface area contributed by atoms with E-state index in [0.717, 1.165) is 18.4 Å². The van der Waals surface area contributed by atoms with Crippen molar-refractivity contribution in [3.63, 3.8) is 0 Å². The third-order valence-electron chi connectivity index (χ3n) is 3.74. The molecular weight excluding hydrogens is 348 g/mol. The van der Waals surface area contributed by atoms with Crippen LogP contribution in [0.2, 0.25) is 0 Å². The van der Waals surface area contributed by atoms with E-state index >= 15 is 0 Å². The Bertz CT molecular complexity index is 522. The molecule has 0 saturated carbocycles. The van der Waals surface area contributed by atoms with Gasteiger partial charge in [-0.05, 0) is 61.5 Å². The molecule has 122 valence electrons. The van der Waals surface area contributed by atoms with Gasteiger partial charge in [0, 0.05) is 24.8 Å². The van der Waals surface area contributed by atoms with Crippen molar-refractivity contribution in [1.29, 1.82) is 0 Å². The number of halogens is 1. The predicted octanol–water partition coefficient (Wildman–Crippen LogP) is 3.52. The fourth-order valence-corrected chi connectivity index (χ4v) is 3.08. The SMILES string of the molecule is CC(C)(C)OC(=O)N1CCC(C(O)c2cccnc2Br)CC1. The lowest BCUT2D eigenvalue weighted by Crippen LogP contribution is -2.42. The maximum Gasteiger partial charge on any atom is 0.410 e. The summed E-state index contributed by atoms with van der Waals surface area (Å²) < 4.78 is 6.06. The van der Waals surface area contributed by atoms with E-state index in [4.69, 9.17) is 4.74 Å². The molecular formula is C16H23BrN2O3. The topological polar surface area (TPSA) is 62.7 Å². The molecule has 1 aromatic rings. The van der Waals surface area contributed by atoms with Gasteiger partial charge in [-0.2, -0.15) is 0 Å². The number of hydrogen-bond donors (Lipinski definition) is 1. The second-order valence-electron chi connectivity index (χ2n) is 6.63. The summed E-state index contributed by atoms with van der Waals surface area (Å²) in [5.74, 6) is 0.124. The minimum absolute atomic E-state index is 0.124. The summed E-state index contributed by atoms with van der Waals surface area (Å²) in [4.78, 5) is 17.9. The third-order valence-corrected chi connectivity index (χ3v) is 4.41. The number of likely N-dealkylation sites (tertiary alicyclic amines) is 1. The first-order valence-corrected chi connectivity index (χ1v) is 8.33. The number of amides is 1. The Morgan fingerprint density at radius 3 is 2.64 bits per heavy atom. The number of carbonyl (C=O) groups is 1. The highest BCUT2D eigenvalue weighted by Gasteiger charge is 2.31. The fourth-order valence-electron chi connectivity index (χ4n) is 2.60. The molecule has 0 aliphatic carbocycles. The summed E-state index contributed by atoms with van der Waals surface area (Å²) in [6, 6.07) is 3.70. The molecule has 1 atom stereocenters. The van der Waals surface area contributed by atoms with Crippen LogP contribution >= 0.6 is 15.9 Å². The molecule has 1 fully saturated rings. The summed E-state index contributed by atoms with van der Waals surface area (Å²) >= 11 is 3.38. The van der Waals surface area contributed by atoms with Gasteiger partial charge >= 0.3 is 6.09 Å². The van der Waals surface area contributed by atoms with Gasteiger partial charge < -0.3 is 14.7 Å². The number of aromatic nitrogens is 1. The average molecular weight is 371 g/mol. The van der Waals surface area contributed by atoms with Gasteiger partial charge in [0.15, 0.2) is 0 Å². The molecule has 1 aliphatic rings. The minimum Gasteiger partial charge on any atom is -0.444 e. The molecule has 1 amide bonds. The van der Waals surface area contributed by atoms with Crippen LogP contribution in [0.4, 0.5) is 4.79 Å². The van der Waals surface area contributed by atoms with E-state index in [1.54, 1.807) is 11.1 Å². The largest absolute Gasteiger partial charge is 0.444 e. The van der Waals surface area contributed by atoms with Gasteiger partial charge in [-0.3, -0.25) is 0 Å². The van der Waals surface area contributed by atoms with Crippen molar-refractivity contribution in [1.82, 2.24) is 9.88 Å². The second kappa shape index (κ2) is 6.96. The van der Waals surface area contributed by atoms with Crippen LogP contribution in [-0.4, -0.2) is 39.8 Å². The maximum atomic E-state index is 12.0. The molecule has 1 N–H and O–H groups in total. The molecule has 5 nitrogen and oxygen atoms in total. The number of pyridine rings is 1. The molecule has 1 unspecified atom stereocenters. The Hall–Kier alpha value is -1.14. The van der Waals surface area contributed by atoms with Crippen LogP contribution in [0, 0.1) is 5.92 Å². The number of nitrogens with zero attached hydrogens (tertiary/aromatic N) is 2. The Kier molecular flexibility index (Phi) is 5.45. The van der Waals surface area contributed by atoms with Crippen molar-refractivity contribution in [3.05, 3.63) is 28.5 Å². The van der Waals surface area contributed by atoms with E-state index in [9.17, 15) is 9.90 Å². The first kappa shape index (κ1) is 17.2. The quantitative estimate of drug-likeness (QED) is 0.808. The van der Waals surface area contributed by atoms with Crippen molar-refractivity contribution in [3.8, 4) is 0 Å². The van der Waals surface area contributed by atoms with E-state index < -0.39 is 11.7 Å². The van der Waals surface area contributed by atoms with Crippen LogP contribution in [-0.2, 0) is 4.74 Å². The molecule has 0 bridgehead atoms. The molecule has 1 aliphatic heterocycles. The molecule has 1 aromatic heterocycles. The number of ether oxygens (including phenoxy) is 1. The summed E-state index contributed by atoms with van der Waals surface area (Å²) in [5, 5.41) is 10.5. The van der Waals surface area contributed by atoms with Crippen LogP contribution in [0.25, 0.3) is 0 Å². The first-order valence-electron chi connectivity index (χ1n) is 7.54. The van der Waals surface area contributed by atoms with Crippen molar-refractivity contribution >= 4 is 22.0 Å². The van der Waals surface area contributed by atoms with Crippen LogP contribution in [0.1, 0.15) is 45.3 Å². The number of carbonyl (C=O) groups excluding carboxylic acids is 1. The smallest absolute Gasteiger partial charge is 0.410 e. The highest BCUT2D eigenvalue weighted by molar-refractivity contribution is 9.10. The number of aliphatic hydroxyl groups excluding tert-OH is 1. The number of hydrogen-bond acceptors (Lipinski definition) is 4. The Morgan fingerprint density at radius 2 is 2.09 bits per heavy atom. The van der Waals surface area contributed by atoms with Crippen LogP contribution < -0.4 is 0 Å². The van der Waals surface area contributed by atoms with Crippen molar-refractivity contribution in [2.75, 3.05) is 13.1 Å². The summed E-state index contributed by atoms with van der Waals surface area (Å²) in [6.45, 7) is 6.80. The average Bonchev–Trinajstić information content (AvgIpc) is 2.45. The van der Waals surface area contributed by atoms with Gasteiger partial charge in [-0.1, -0.05) is 6.07 Å². The van der Waals surface area contributed by atoms with Crippen molar-refractivity contribution < 1.29 is 14.6 Å². The zero-order valence-corrected chi connectivity index (χ0v) is 14.8. The predicted molar refractivity (Wildman–Crippen MR) is 87.4 cm³/mol. The highest BCUT2D eigenvalue weighted by atomic mass is 79.9. The summed E-state index contributed by atoms with van der Waals surface area (Å²) in [5.41, 5.74) is 0.326. The van der Waals surface area contributed by atoms with Crippen LogP contribution in [0.15, 0.2) is 22.9 Å². The molecule has 1 saturated heterocycles. The number of aliphatic hydroxyl groups is 1. The summed E-state index contributed by atoms with van der Waals surface area (Å²) in [7, 11) is 0. The van der Waals surface area contributed by atoms with Gasteiger partial charge in [0.05, 0.1) is 6.10 Å². The summed E-state index contributed by atoms with van der Waals surface area (Å²) in [6.07, 6.45) is 2.35. The Morgan fingerprint density at radius 1 is 1.45 bits per heavy atom. The van der Waals surface area contributed by atoms with E-state index in [1.165, 1.54) is 0 Å². The van der Waals surface area contributed by atoms with Gasteiger partial charge in [0.25, 0.3) is 0 Å². The lowest BCUT2D eigenvalue weighted by atomic mass is 9.88. The molecule has 22 heavy (non-hydrogen) atoms.